The van der Waals surface area contributed by atoms with Gasteiger partial charge in [0.15, 0.2) is 0 Å². The Labute approximate surface area is 96.1 Å². The number of rotatable bonds is 1. The molecule has 1 aliphatic carbocycles. The van der Waals surface area contributed by atoms with Crippen LogP contribution in [0.3, 0.4) is 0 Å². The topological polar surface area (TPSA) is 36.4 Å². The summed E-state index contributed by atoms with van der Waals surface area (Å²) >= 11 is 0. The molecule has 4 rings (SSSR count). The van der Waals surface area contributed by atoms with Gasteiger partial charge in [0, 0.05) is 36.5 Å². The molecule has 16 heavy (non-hydrogen) atoms. The fourth-order valence-corrected chi connectivity index (χ4v) is 3.35. The maximum absolute atomic E-state index is 10.9. The molecule has 3 aliphatic rings. The van der Waals surface area contributed by atoms with E-state index in [4.69, 9.17) is 0 Å². The Bertz CT molecular complexity index is 381. The van der Waals surface area contributed by atoms with Gasteiger partial charge in [-0.25, -0.2) is 0 Å². The van der Waals surface area contributed by atoms with Gasteiger partial charge in [0.25, 0.3) is 0 Å². The fraction of sp³-hybridized carbons (Fsp3) is 0.615. The molecule has 2 aliphatic heterocycles. The molecule has 2 saturated heterocycles. The molecular formula is C13H18N2O. The smallest absolute Gasteiger partial charge is 0.0966 e. The molecule has 0 spiro atoms. The molecule has 3 fully saturated rings. The Kier molecular flexibility index (Phi) is 2.26. The lowest BCUT2D eigenvalue weighted by Gasteiger charge is -2.53. The van der Waals surface area contributed by atoms with Crippen molar-refractivity contribution >= 4 is 0 Å². The summed E-state index contributed by atoms with van der Waals surface area (Å²) in [6, 6.07) is 4.46. The van der Waals surface area contributed by atoms with E-state index in [0.717, 1.165) is 24.9 Å². The maximum atomic E-state index is 10.9. The lowest BCUT2D eigenvalue weighted by Crippen LogP contribution is -2.57. The molecule has 0 radical (unpaired) electrons. The minimum atomic E-state index is -0.635. The Morgan fingerprint density at radius 1 is 1.50 bits per heavy atom. The van der Waals surface area contributed by atoms with Gasteiger partial charge in [-0.3, -0.25) is 4.98 Å². The number of fused-ring (bicyclic) bond motifs is 3. The predicted molar refractivity (Wildman–Crippen MR) is 61.9 cm³/mol. The van der Waals surface area contributed by atoms with Crippen LogP contribution in [0.2, 0.25) is 0 Å². The molecule has 3 nitrogen and oxygen atoms in total. The van der Waals surface area contributed by atoms with Gasteiger partial charge in [-0.05, 0) is 32.4 Å². The van der Waals surface area contributed by atoms with Gasteiger partial charge in [-0.2, -0.15) is 0 Å². The average molecular weight is 218 g/mol. The minimum Gasteiger partial charge on any atom is -0.385 e. The van der Waals surface area contributed by atoms with E-state index in [1.165, 1.54) is 6.42 Å². The van der Waals surface area contributed by atoms with Crippen LogP contribution in [0.1, 0.15) is 24.8 Å². The summed E-state index contributed by atoms with van der Waals surface area (Å²) in [5, 5.41) is 10.9. The highest BCUT2D eigenvalue weighted by molar-refractivity contribution is 5.22. The number of pyridine rings is 1. The van der Waals surface area contributed by atoms with Crippen molar-refractivity contribution in [2.45, 2.75) is 30.9 Å². The van der Waals surface area contributed by atoms with E-state index in [9.17, 15) is 5.11 Å². The average Bonchev–Trinajstić information content (AvgIpc) is 2.32. The van der Waals surface area contributed by atoms with E-state index in [1.807, 2.05) is 18.3 Å². The highest BCUT2D eigenvalue weighted by Gasteiger charge is 2.49. The molecule has 86 valence electrons. The molecule has 2 bridgehead atoms. The first kappa shape index (κ1) is 10.2. The lowest BCUT2D eigenvalue weighted by atomic mass is 9.66. The summed E-state index contributed by atoms with van der Waals surface area (Å²) in [6.45, 7) is 1.01. The zero-order valence-electron chi connectivity index (χ0n) is 9.63. The van der Waals surface area contributed by atoms with Crippen molar-refractivity contribution in [1.29, 1.82) is 0 Å². The van der Waals surface area contributed by atoms with Crippen LogP contribution in [0.25, 0.3) is 0 Å². The quantitative estimate of drug-likeness (QED) is 0.773. The van der Waals surface area contributed by atoms with Crippen molar-refractivity contribution in [1.82, 2.24) is 9.88 Å². The monoisotopic (exact) mass is 218 g/mol. The largest absolute Gasteiger partial charge is 0.385 e. The second kappa shape index (κ2) is 3.54. The molecule has 0 aromatic carbocycles. The normalized spacial score (nSPS) is 38.9. The van der Waals surface area contributed by atoms with Crippen molar-refractivity contribution in [3.63, 3.8) is 0 Å². The van der Waals surface area contributed by atoms with E-state index in [2.05, 4.69) is 16.9 Å². The summed E-state index contributed by atoms with van der Waals surface area (Å²) in [6.07, 6.45) is 6.81. The van der Waals surface area contributed by atoms with Gasteiger partial charge in [0.05, 0.1) is 5.60 Å². The van der Waals surface area contributed by atoms with Crippen LogP contribution >= 0.6 is 0 Å². The predicted octanol–water partition coefficient (Wildman–Crippen LogP) is 1.38. The second-order valence-electron chi connectivity index (χ2n) is 5.24. The van der Waals surface area contributed by atoms with E-state index in [0.29, 0.717) is 12.0 Å². The number of aromatic nitrogens is 1. The molecule has 3 atom stereocenters. The van der Waals surface area contributed by atoms with Gasteiger partial charge < -0.3 is 10.0 Å². The van der Waals surface area contributed by atoms with Crippen LogP contribution in [0.4, 0.5) is 0 Å². The molecule has 1 N–H and O–H groups in total. The van der Waals surface area contributed by atoms with E-state index < -0.39 is 5.60 Å². The standard InChI is InChI=1S/C13H18N2O/c1-15-9-11-4-5-12(15)7-13(11,16)10-3-2-6-14-8-10/h2-3,6,8,11-12,16H,4-5,7,9H2,1H3. The molecule has 3 heteroatoms. The highest BCUT2D eigenvalue weighted by Crippen LogP contribution is 2.46. The van der Waals surface area contributed by atoms with E-state index >= 15 is 0 Å². The zero-order valence-corrected chi connectivity index (χ0v) is 9.63. The SMILES string of the molecule is CN1CC2CCC1CC2(O)c1cccnc1. The van der Waals surface area contributed by atoms with Crippen LogP contribution in [-0.4, -0.2) is 34.6 Å². The van der Waals surface area contributed by atoms with Gasteiger partial charge in [0.2, 0.25) is 0 Å². The molecular weight excluding hydrogens is 200 g/mol. The molecule has 3 heterocycles. The van der Waals surface area contributed by atoms with Crippen molar-refractivity contribution in [3.05, 3.63) is 30.1 Å². The third kappa shape index (κ3) is 1.39. The molecule has 1 saturated carbocycles. The Morgan fingerprint density at radius 3 is 2.94 bits per heavy atom. The lowest BCUT2D eigenvalue weighted by molar-refractivity contribution is -0.127. The van der Waals surface area contributed by atoms with Crippen molar-refractivity contribution in [3.8, 4) is 0 Å². The number of aliphatic hydroxyl groups is 1. The first-order valence-corrected chi connectivity index (χ1v) is 6.03. The first-order valence-electron chi connectivity index (χ1n) is 6.03. The van der Waals surface area contributed by atoms with Crippen molar-refractivity contribution in [2.24, 2.45) is 5.92 Å². The summed E-state index contributed by atoms with van der Waals surface area (Å²) in [5.41, 5.74) is 0.363. The maximum Gasteiger partial charge on any atom is 0.0966 e. The van der Waals surface area contributed by atoms with Crippen molar-refractivity contribution < 1.29 is 5.11 Å². The number of hydrogen-bond acceptors (Lipinski definition) is 3. The summed E-state index contributed by atoms with van der Waals surface area (Å²) in [7, 11) is 2.17. The molecule has 1 aromatic heterocycles. The number of nitrogens with zero attached hydrogens (tertiary/aromatic N) is 2. The Morgan fingerprint density at radius 2 is 2.38 bits per heavy atom. The van der Waals surface area contributed by atoms with Gasteiger partial charge in [0.1, 0.15) is 0 Å². The Hall–Kier alpha value is -0.930. The van der Waals surface area contributed by atoms with Gasteiger partial charge in [-0.1, -0.05) is 6.07 Å². The van der Waals surface area contributed by atoms with Crippen LogP contribution in [-0.2, 0) is 5.60 Å². The van der Waals surface area contributed by atoms with Crippen molar-refractivity contribution in [2.75, 3.05) is 13.6 Å². The highest BCUT2D eigenvalue weighted by atomic mass is 16.3. The Balaban J connectivity index is 1.95. The van der Waals surface area contributed by atoms with Crippen LogP contribution in [0, 0.1) is 5.92 Å². The third-order valence-electron chi connectivity index (χ3n) is 4.36. The number of hydrogen-bond donors (Lipinski definition) is 1. The first-order chi connectivity index (χ1) is 7.70. The van der Waals surface area contributed by atoms with Gasteiger partial charge >= 0.3 is 0 Å². The van der Waals surface area contributed by atoms with Crippen LogP contribution < -0.4 is 0 Å². The summed E-state index contributed by atoms with van der Waals surface area (Å²) < 4.78 is 0. The zero-order chi connectivity index (χ0) is 11.2. The summed E-state index contributed by atoms with van der Waals surface area (Å²) in [4.78, 5) is 6.52. The second-order valence-corrected chi connectivity index (χ2v) is 5.24. The molecule has 0 amide bonds. The molecule has 3 unspecified atom stereocenters. The molecule has 1 aromatic rings. The minimum absolute atomic E-state index is 0.367. The van der Waals surface area contributed by atoms with Crippen LogP contribution in [0.5, 0.6) is 0 Å². The number of piperidine rings is 2. The van der Waals surface area contributed by atoms with E-state index in [1.54, 1.807) is 6.20 Å². The third-order valence-corrected chi connectivity index (χ3v) is 4.36. The summed E-state index contributed by atoms with van der Waals surface area (Å²) in [5.74, 6) is 0.367. The fourth-order valence-electron chi connectivity index (χ4n) is 3.35. The van der Waals surface area contributed by atoms with E-state index in [-0.39, 0.29) is 0 Å². The van der Waals surface area contributed by atoms with Gasteiger partial charge in [-0.15, -0.1) is 0 Å². The van der Waals surface area contributed by atoms with Crippen LogP contribution in [0.15, 0.2) is 24.5 Å².